The van der Waals surface area contributed by atoms with Crippen LogP contribution >= 0.6 is 0 Å². The normalized spacial score (nSPS) is 19.3. The molecule has 2 aliphatic heterocycles. The molecule has 7 rings (SSSR count). The van der Waals surface area contributed by atoms with E-state index in [1.54, 1.807) is 0 Å². The molecule has 0 spiro atoms. The number of rotatable bonds is 0. The zero-order valence-electron chi connectivity index (χ0n) is 15.1. The van der Waals surface area contributed by atoms with Crippen LogP contribution in [0.4, 0.5) is 0 Å². The summed E-state index contributed by atoms with van der Waals surface area (Å²) < 4.78 is 12.7. The van der Waals surface area contributed by atoms with E-state index in [0.29, 0.717) is 0 Å². The quantitative estimate of drug-likeness (QED) is 0.304. The van der Waals surface area contributed by atoms with Gasteiger partial charge in [0.25, 0.3) is 0 Å². The lowest BCUT2D eigenvalue weighted by atomic mass is 9.66. The molecule has 2 heteroatoms. The summed E-state index contributed by atoms with van der Waals surface area (Å²) in [6.07, 6.45) is 0. The van der Waals surface area contributed by atoms with Crippen molar-refractivity contribution >= 4 is 0 Å². The Labute approximate surface area is 163 Å². The van der Waals surface area contributed by atoms with Gasteiger partial charge in [0.15, 0.2) is 0 Å². The van der Waals surface area contributed by atoms with Crippen LogP contribution < -0.4 is 9.47 Å². The van der Waals surface area contributed by atoms with E-state index in [1.165, 1.54) is 33.4 Å². The Morgan fingerprint density at radius 1 is 0.393 bits per heavy atom. The summed E-state index contributed by atoms with van der Waals surface area (Å²) in [5.41, 5.74) is 7.71. The number of benzene rings is 4. The molecular weight excluding hydrogens is 344 g/mol. The SMILES string of the molecule is c1ccc2c(c1)Oc1cccc3c1C2c1cccc2c1C3c1ccccc1O2. The van der Waals surface area contributed by atoms with Gasteiger partial charge in [-0.2, -0.15) is 0 Å². The number of hydrogen-bond acceptors (Lipinski definition) is 2. The summed E-state index contributed by atoms with van der Waals surface area (Å²) in [7, 11) is 0. The van der Waals surface area contributed by atoms with Crippen molar-refractivity contribution in [3.05, 3.63) is 118 Å². The minimum atomic E-state index is 0.177. The van der Waals surface area contributed by atoms with Crippen LogP contribution in [0.1, 0.15) is 45.2 Å². The second-order valence-corrected chi connectivity index (χ2v) is 7.66. The van der Waals surface area contributed by atoms with Crippen molar-refractivity contribution in [2.24, 2.45) is 0 Å². The van der Waals surface area contributed by atoms with Crippen LogP contribution in [0, 0.1) is 0 Å². The predicted molar refractivity (Wildman–Crippen MR) is 108 cm³/mol. The molecule has 0 bridgehead atoms. The lowest BCUT2D eigenvalue weighted by Gasteiger charge is -2.41. The first-order chi connectivity index (χ1) is 13.9. The summed E-state index contributed by atoms with van der Waals surface area (Å²) >= 11 is 0. The highest BCUT2D eigenvalue weighted by molar-refractivity contribution is 5.72. The Kier molecular flexibility index (Phi) is 2.62. The highest BCUT2D eigenvalue weighted by Gasteiger charge is 2.43. The molecule has 0 saturated carbocycles. The van der Waals surface area contributed by atoms with Crippen LogP contribution in [0.2, 0.25) is 0 Å². The lowest BCUT2D eigenvalue weighted by molar-refractivity contribution is 0.433. The number of hydrogen-bond donors (Lipinski definition) is 0. The number of para-hydroxylation sites is 2. The minimum Gasteiger partial charge on any atom is -0.457 e. The Morgan fingerprint density at radius 3 is 1.29 bits per heavy atom. The van der Waals surface area contributed by atoms with E-state index in [9.17, 15) is 0 Å². The first-order valence-electron chi connectivity index (χ1n) is 9.69. The molecule has 2 unspecified atom stereocenters. The highest BCUT2D eigenvalue weighted by Crippen LogP contribution is 2.60. The van der Waals surface area contributed by atoms with Gasteiger partial charge in [-0.15, -0.1) is 0 Å². The molecule has 1 aliphatic carbocycles. The van der Waals surface area contributed by atoms with Gasteiger partial charge in [0.05, 0.1) is 0 Å². The molecule has 0 radical (unpaired) electrons. The van der Waals surface area contributed by atoms with E-state index >= 15 is 0 Å². The van der Waals surface area contributed by atoms with Crippen LogP contribution in [0.5, 0.6) is 23.0 Å². The topological polar surface area (TPSA) is 18.5 Å². The molecule has 4 aromatic carbocycles. The third-order valence-electron chi connectivity index (χ3n) is 6.30. The Morgan fingerprint density at radius 2 is 0.786 bits per heavy atom. The van der Waals surface area contributed by atoms with E-state index in [0.717, 1.165) is 23.0 Å². The first-order valence-corrected chi connectivity index (χ1v) is 9.69. The lowest BCUT2D eigenvalue weighted by Crippen LogP contribution is -2.25. The first kappa shape index (κ1) is 14.5. The highest BCUT2D eigenvalue weighted by atomic mass is 16.5. The molecule has 28 heavy (non-hydrogen) atoms. The zero-order chi connectivity index (χ0) is 18.2. The van der Waals surface area contributed by atoms with Crippen molar-refractivity contribution in [1.29, 1.82) is 0 Å². The number of ether oxygens (including phenoxy) is 2. The van der Waals surface area contributed by atoms with Crippen molar-refractivity contribution in [3.8, 4) is 23.0 Å². The van der Waals surface area contributed by atoms with Crippen LogP contribution in [0.15, 0.2) is 84.9 Å². The maximum absolute atomic E-state index is 6.34. The number of fused-ring (bicyclic) bond motifs is 6. The van der Waals surface area contributed by atoms with E-state index in [-0.39, 0.29) is 11.8 Å². The molecule has 0 amide bonds. The van der Waals surface area contributed by atoms with Gasteiger partial charge in [-0.25, -0.2) is 0 Å². The molecule has 2 nitrogen and oxygen atoms in total. The van der Waals surface area contributed by atoms with Gasteiger partial charge in [0.2, 0.25) is 0 Å². The monoisotopic (exact) mass is 360 g/mol. The fourth-order valence-electron chi connectivity index (χ4n) is 5.24. The average molecular weight is 360 g/mol. The average Bonchev–Trinajstić information content (AvgIpc) is 2.75. The predicted octanol–water partition coefficient (Wildman–Crippen LogP) is 6.57. The van der Waals surface area contributed by atoms with Crippen LogP contribution in [-0.2, 0) is 0 Å². The van der Waals surface area contributed by atoms with Crippen molar-refractivity contribution in [1.82, 2.24) is 0 Å². The fraction of sp³-hybridized carbons (Fsp3) is 0.0769. The van der Waals surface area contributed by atoms with Crippen LogP contribution in [-0.4, -0.2) is 0 Å². The maximum Gasteiger partial charge on any atom is 0.131 e. The molecule has 0 saturated heterocycles. The van der Waals surface area contributed by atoms with E-state index < -0.39 is 0 Å². The molecule has 2 atom stereocenters. The Bertz CT molecular complexity index is 1190. The Balaban J connectivity index is 1.62. The van der Waals surface area contributed by atoms with Gasteiger partial charge in [-0.3, -0.25) is 0 Å². The van der Waals surface area contributed by atoms with Gasteiger partial charge >= 0.3 is 0 Å². The summed E-state index contributed by atoms with van der Waals surface area (Å²) in [5.74, 6) is 4.20. The van der Waals surface area contributed by atoms with Gasteiger partial charge in [0, 0.05) is 34.1 Å². The maximum atomic E-state index is 6.34. The van der Waals surface area contributed by atoms with Crippen LogP contribution in [0.25, 0.3) is 0 Å². The Hall–Kier alpha value is -3.52. The molecule has 0 N–H and O–H groups in total. The van der Waals surface area contributed by atoms with Crippen molar-refractivity contribution in [3.63, 3.8) is 0 Å². The summed E-state index contributed by atoms with van der Waals surface area (Å²) in [6, 6.07) is 29.7. The minimum absolute atomic E-state index is 0.177. The second-order valence-electron chi connectivity index (χ2n) is 7.66. The summed E-state index contributed by atoms with van der Waals surface area (Å²) in [6.45, 7) is 0. The largest absolute Gasteiger partial charge is 0.457 e. The van der Waals surface area contributed by atoms with Gasteiger partial charge < -0.3 is 9.47 Å². The standard InChI is InChI=1S/C26H16O2/c1-3-11-19-15(7-1)23-17-9-5-14-22-26(17)24(16-8-2-4-12-20(16)28-22)18-10-6-13-21(27-19)25(18)23/h1-14,23-24H. The molecular formula is C26H16O2. The van der Waals surface area contributed by atoms with Gasteiger partial charge in [-0.05, 0) is 35.4 Å². The van der Waals surface area contributed by atoms with Gasteiger partial charge in [0.1, 0.15) is 23.0 Å². The third-order valence-corrected chi connectivity index (χ3v) is 6.30. The molecule has 3 aliphatic rings. The fourth-order valence-corrected chi connectivity index (χ4v) is 5.24. The molecule has 0 fully saturated rings. The molecule has 4 aromatic rings. The van der Waals surface area contributed by atoms with Crippen LogP contribution in [0.3, 0.4) is 0 Å². The molecule has 0 aromatic heterocycles. The van der Waals surface area contributed by atoms with Crippen molar-refractivity contribution < 1.29 is 9.47 Å². The molecule has 2 heterocycles. The smallest absolute Gasteiger partial charge is 0.131 e. The van der Waals surface area contributed by atoms with E-state index in [4.69, 9.17) is 9.47 Å². The third kappa shape index (κ3) is 1.68. The summed E-state index contributed by atoms with van der Waals surface area (Å²) in [5, 5.41) is 0. The van der Waals surface area contributed by atoms with Gasteiger partial charge in [-0.1, -0.05) is 60.7 Å². The van der Waals surface area contributed by atoms with E-state index in [1.807, 2.05) is 12.1 Å². The van der Waals surface area contributed by atoms with Crippen molar-refractivity contribution in [2.75, 3.05) is 0 Å². The second kappa shape index (κ2) is 5.05. The molecule has 132 valence electrons. The zero-order valence-corrected chi connectivity index (χ0v) is 15.1. The van der Waals surface area contributed by atoms with E-state index in [2.05, 4.69) is 72.8 Å². The summed E-state index contributed by atoms with van der Waals surface area (Å²) in [4.78, 5) is 0. The van der Waals surface area contributed by atoms with Crippen molar-refractivity contribution in [2.45, 2.75) is 11.8 Å².